The number of guanidine groups is 1. The number of fused-ring (bicyclic) bond motifs is 1. The highest BCUT2D eigenvalue weighted by molar-refractivity contribution is 7.87. The van der Waals surface area contributed by atoms with E-state index < -0.39 is 28.6 Å². The molecule has 3 aromatic rings. The van der Waals surface area contributed by atoms with Gasteiger partial charge in [0.25, 0.3) is 10.2 Å². The molecule has 0 aliphatic carbocycles. The molecule has 1 unspecified atom stereocenters. The fraction of sp³-hybridized carbons (Fsp3) is 0.320. The van der Waals surface area contributed by atoms with E-state index in [2.05, 4.69) is 25.1 Å². The highest BCUT2D eigenvalue weighted by atomic mass is 32.2. The summed E-state index contributed by atoms with van der Waals surface area (Å²) in [5.74, 6) is -0.657. The van der Waals surface area contributed by atoms with Crippen LogP contribution in [0.25, 0.3) is 11.0 Å². The Hall–Kier alpha value is -3.74. The Labute approximate surface area is 214 Å². The standard InChI is InChI=1S/C25H29N5O6S/c31-23(29-25-26-11-4-12-27-25)10-8-17-7-9-21-19(13-17)14-22(36-21)20(15-24(32)33)30-37(34,35)28-16-18-5-2-1-3-6-18/h1-3,5-7,9,13-14,20,28,30H,4,8,10-12,15-16H2,(H,32,33)(H2,26,27,29,31). The van der Waals surface area contributed by atoms with Crippen molar-refractivity contribution in [2.24, 2.45) is 4.99 Å². The van der Waals surface area contributed by atoms with Gasteiger partial charge in [-0.25, -0.2) is 0 Å². The van der Waals surface area contributed by atoms with E-state index >= 15 is 0 Å². The molecule has 1 atom stereocenters. The minimum absolute atomic E-state index is 0.0520. The van der Waals surface area contributed by atoms with Gasteiger partial charge in [0.05, 0.1) is 12.5 Å². The molecule has 0 radical (unpaired) electrons. The van der Waals surface area contributed by atoms with E-state index in [1.165, 1.54) is 0 Å². The van der Waals surface area contributed by atoms with Crippen molar-refractivity contribution in [1.82, 2.24) is 20.1 Å². The zero-order valence-electron chi connectivity index (χ0n) is 20.1. The summed E-state index contributed by atoms with van der Waals surface area (Å²) in [6.07, 6.45) is 1.16. The van der Waals surface area contributed by atoms with Crippen LogP contribution in [0.5, 0.6) is 0 Å². The van der Waals surface area contributed by atoms with Gasteiger partial charge in [-0.1, -0.05) is 36.4 Å². The lowest BCUT2D eigenvalue weighted by Crippen LogP contribution is -2.43. The van der Waals surface area contributed by atoms with Crippen molar-refractivity contribution in [2.45, 2.75) is 38.3 Å². The first-order valence-electron chi connectivity index (χ1n) is 11.9. The Kier molecular flexibility index (Phi) is 8.54. The Morgan fingerprint density at radius 1 is 1.11 bits per heavy atom. The summed E-state index contributed by atoms with van der Waals surface area (Å²) in [5, 5.41) is 15.8. The van der Waals surface area contributed by atoms with Crippen LogP contribution in [0, 0.1) is 0 Å². The molecule has 0 saturated heterocycles. The molecule has 12 heteroatoms. The van der Waals surface area contributed by atoms with E-state index in [4.69, 9.17) is 4.42 Å². The lowest BCUT2D eigenvalue weighted by molar-refractivity contribution is -0.137. The Balaban J connectivity index is 1.42. The average molecular weight is 528 g/mol. The number of furan rings is 1. The van der Waals surface area contributed by atoms with Gasteiger partial charge in [0.1, 0.15) is 11.3 Å². The smallest absolute Gasteiger partial charge is 0.305 e. The Morgan fingerprint density at radius 2 is 1.92 bits per heavy atom. The highest BCUT2D eigenvalue weighted by Gasteiger charge is 2.25. The summed E-state index contributed by atoms with van der Waals surface area (Å²) in [7, 11) is -4.03. The van der Waals surface area contributed by atoms with Crippen molar-refractivity contribution in [3.8, 4) is 0 Å². The maximum atomic E-state index is 12.6. The molecule has 1 aliphatic heterocycles. The van der Waals surface area contributed by atoms with Crippen LogP contribution in [0.1, 0.15) is 42.2 Å². The number of hydrogen-bond acceptors (Lipinski definition) is 7. The number of carboxylic acids is 1. The third-order valence-corrected chi connectivity index (χ3v) is 6.84. The van der Waals surface area contributed by atoms with Gasteiger partial charge in [-0.2, -0.15) is 17.9 Å². The van der Waals surface area contributed by atoms with E-state index in [0.29, 0.717) is 29.9 Å². The summed E-state index contributed by atoms with van der Waals surface area (Å²) in [6.45, 7) is 1.52. The van der Waals surface area contributed by atoms with Gasteiger partial charge in [0, 0.05) is 31.4 Å². The molecule has 2 heterocycles. The first kappa shape index (κ1) is 26.3. The number of nitrogens with zero attached hydrogens (tertiary/aromatic N) is 1. The normalized spacial score (nSPS) is 14.5. The molecule has 0 saturated carbocycles. The van der Waals surface area contributed by atoms with Gasteiger partial charge in [0.15, 0.2) is 5.96 Å². The third kappa shape index (κ3) is 7.87. The lowest BCUT2D eigenvalue weighted by Gasteiger charge is -2.15. The molecule has 1 aliphatic rings. The minimum atomic E-state index is -4.03. The zero-order chi connectivity index (χ0) is 26.3. The maximum absolute atomic E-state index is 12.6. The van der Waals surface area contributed by atoms with Gasteiger partial charge in [0.2, 0.25) is 5.91 Å². The number of rotatable bonds is 11. The quantitative estimate of drug-likeness (QED) is 0.255. The summed E-state index contributed by atoms with van der Waals surface area (Å²) in [6, 6.07) is 14.8. The number of carbonyl (C=O) groups excluding carboxylic acids is 1. The van der Waals surface area contributed by atoms with Crippen LogP contribution >= 0.6 is 0 Å². The number of aliphatic carboxylic acids is 1. The molecule has 0 fully saturated rings. The highest BCUT2D eigenvalue weighted by Crippen LogP contribution is 2.27. The number of carbonyl (C=O) groups is 2. The first-order chi connectivity index (χ1) is 17.8. The molecule has 11 nitrogen and oxygen atoms in total. The van der Waals surface area contributed by atoms with Crippen LogP contribution in [0.15, 0.2) is 64.0 Å². The molecule has 2 aromatic carbocycles. The largest absolute Gasteiger partial charge is 0.481 e. The second-order valence-corrected chi connectivity index (χ2v) is 10.2. The predicted molar refractivity (Wildman–Crippen MR) is 138 cm³/mol. The van der Waals surface area contributed by atoms with E-state index in [9.17, 15) is 23.1 Å². The monoisotopic (exact) mass is 527 g/mol. The number of nitrogens with one attached hydrogen (secondary N) is 4. The molecular weight excluding hydrogens is 498 g/mol. The van der Waals surface area contributed by atoms with Crippen LogP contribution in [-0.2, 0) is 32.8 Å². The molecule has 0 spiro atoms. The van der Waals surface area contributed by atoms with Gasteiger partial charge in [-0.05, 0) is 42.2 Å². The van der Waals surface area contributed by atoms with Crippen LogP contribution in [-0.4, -0.2) is 44.4 Å². The van der Waals surface area contributed by atoms with E-state index in [1.807, 2.05) is 18.2 Å². The lowest BCUT2D eigenvalue weighted by atomic mass is 10.1. The molecule has 4 rings (SSSR count). The molecular formula is C25H29N5O6S. The number of amides is 1. The number of benzene rings is 2. The van der Waals surface area contributed by atoms with Crippen LogP contribution in [0.4, 0.5) is 0 Å². The molecule has 37 heavy (non-hydrogen) atoms. The fourth-order valence-corrected chi connectivity index (χ4v) is 4.90. The average Bonchev–Trinajstić information content (AvgIpc) is 3.30. The minimum Gasteiger partial charge on any atom is -0.481 e. The van der Waals surface area contributed by atoms with Crippen molar-refractivity contribution in [1.29, 1.82) is 0 Å². The van der Waals surface area contributed by atoms with E-state index in [0.717, 1.165) is 24.1 Å². The zero-order valence-corrected chi connectivity index (χ0v) is 20.9. The van der Waals surface area contributed by atoms with Crippen LogP contribution in [0.2, 0.25) is 0 Å². The number of aliphatic imine (C=N–C) groups is 1. The van der Waals surface area contributed by atoms with Gasteiger partial charge in [-0.3, -0.25) is 19.9 Å². The fourth-order valence-electron chi connectivity index (χ4n) is 3.89. The molecule has 196 valence electrons. The van der Waals surface area contributed by atoms with Crippen molar-refractivity contribution >= 4 is 39.0 Å². The number of carboxylic acid groups (broad SMARTS) is 1. The predicted octanol–water partition coefficient (Wildman–Crippen LogP) is 1.97. The van der Waals surface area contributed by atoms with E-state index in [1.54, 1.807) is 36.4 Å². The summed E-state index contributed by atoms with van der Waals surface area (Å²) >= 11 is 0. The van der Waals surface area contributed by atoms with Crippen LogP contribution in [0.3, 0.4) is 0 Å². The number of hydrogen-bond donors (Lipinski definition) is 5. The third-order valence-electron chi connectivity index (χ3n) is 5.72. The van der Waals surface area contributed by atoms with Crippen molar-refractivity contribution < 1.29 is 27.5 Å². The van der Waals surface area contributed by atoms with E-state index in [-0.39, 0.29) is 24.6 Å². The summed E-state index contributed by atoms with van der Waals surface area (Å²) in [5.41, 5.74) is 2.12. The summed E-state index contributed by atoms with van der Waals surface area (Å²) in [4.78, 5) is 27.9. The molecule has 1 amide bonds. The Morgan fingerprint density at radius 3 is 2.65 bits per heavy atom. The van der Waals surface area contributed by atoms with Gasteiger partial charge < -0.3 is 14.8 Å². The molecule has 1 aromatic heterocycles. The second kappa shape index (κ2) is 12.0. The van der Waals surface area contributed by atoms with Crippen LogP contribution < -0.4 is 20.1 Å². The van der Waals surface area contributed by atoms with Gasteiger partial charge >= 0.3 is 5.97 Å². The number of aryl methyl sites for hydroxylation is 1. The summed E-state index contributed by atoms with van der Waals surface area (Å²) < 4.78 is 35.9. The van der Waals surface area contributed by atoms with Gasteiger partial charge in [-0.15, -0.1) is 0 Å². The molecule has 5 N–H and O–H groups in total. The van der Waals surface area contributed by atoms with Crippen molar-refractivity contribution in [2.75, 3.05) is 13.1 Å². The van der Waals surface area contributed by atoms with Crippen molar-refractivity contribution in [3.05, 3.63) is 71.5 Å². The maximum Gasteiger partial charge on any atom is 0.305 e. The molecule has 0 bridgehead atoms. The second-order valence-electron chi connectivity index (χ2n) is 8.66. The SMILES string of the molecule is O=C(O)CC(NS(=O)(=O)NCc1ccccc1)c1cc2cc(CCC(=O)NC3=NCCCN3)ccc2o1. The first-order valence-corrected chi connectivity index (χ1v) is 13.4. The van der Waals surface area contributed by atoms with Crippen molar-refractivity contribution in [3.63, 3.8) is 0 Å². The topological polar surface area (TPSA) is 162 Å². The Bertz CT molecular complexity index is 1390.